The highest BCUT2D eigenvalue weighted by Crippen LogP contribution is 2.29. The fourth-order valence-electron chi connectivity index (χ4n) is 1.74. The van der Waals surface area contributed by atoms with Crippen LogP contribution >= 0.6 is 27.3 Å². The molecule has 0 aliphatic rings. The summed E-state index contributed by atoms with van der Waals surface area (Å²) in [6, 6.07) is 1.56. The third-order valence-electron chi connectivity index (χ3n) is 2.80. The van der Waals surface area contributed by atoms with E-state index in [4.69, 9.17) is 0 Å². The Hall–Kier alpha value is 0.0500. The molecule has 1 aromatic rings. The van der Waals surface area contributed by atoms with Crippen molar-refractivity contribution in [2.24, 2.45) is 5.92 Å². The number of halogens is 1. The minimum absolute atomic E-state index is 0.0990. The maximum atomic E-state index is 12.4. The van der Waals surface area contributed by atoms with Crippen LogP contribution in [0.2, 0.25) is 0 Å². The van der Waals surface area contributed by atoms with E-state index < -0.39 is 10.0 Å². The molecule has 0 spiro atoms. The summed E-state index contributed by atoms with van der Waals surface area (Å²) < 4.78 is 28.5. The Kier molecular flexibility index (Phi) is 6.00. The first-order valence-corrected chi connectivity index (χ1v) is 9.15. The zero-order valence-electron chi connectivity index (χ0n) is 11.9. The second-order valence-corrected chi connectivity index (χ2v) is 9.52. The molecule has 1 rings (SSSR count). The van der Waals surface area contributed by atoms with E-state index in [1.165, 1.54) is 11.3 Å². The van der Waals surface area contributed by atoms with Crippen molar-refractivity contribution in [2.75, 3.05) is 20.6 Å². The molecule has 0 aromatic carbocycles. The van der Waals surface area contributed by atoms with Gasteiger partial charge in [0.05, 0.1) is 8.68 Å². The lowest BCUT2D eigenvalue weighted by molar-refractivity contribution is 0.314. The number of hydrogen-bond donors (Lipinski definition) is 1. The highest BCUT2D eigenvalue weighted by molar-refractivity contribution is 9.11. The molecule has 1 heterocycles. The van der Waals surface area contributed by atoms with E-state index in [1.807, 2.05) is 39.8 Å². The predicted octanol–water partition coefficient (Wildman–Crippen LogP) is 2.68. The van der Waals surface area contributed by atoms with E-state index in [2.05, 4.69) is 20.7 Å². The van der Waals surface area contributed by atoms with Crippen molar-refractivity contribution in [2.45, 2.75) is 31.7 Å². The minimum Gasteiger partial charge on any atom is -0.308 e. The van der Waals surface area contributed by atoms with Crippen LogP contribution in [0, 0.1) is 12.8 Å². The number of thiophene rings is 1. The van der Waals surface area contributed by atoms with Crippen molar-refractivity contribution in [1.29, 1.82) is 0 Å². The Balaban J connectivity index is 2.97. The quantitative estimate of drug-likeness (QED) is 0.839. The molecule has 0 radical (unpaired) electrons. The minimum atomic E-state index is -3.46. The van der Waals surface area contributed by atoms with Crippen LogP contribution in [0.5, 0.6) is 0 Å². The van der Waals surface area contributed by atoms with Gasteiger partial charge in [0.2, 0.25) is 10.0 Å². The van der Waals surface area contributed by atoms with E-state index in [0.29, 0.717) is 11.4 Å². The van der Waals surface area contributed by atoms with E-state index in [1.54, 1.807) is 6.07 Å². The van der Waals surface area contributed by atoms with Gasteiger partial charge in [0.1, 0.15) is 0 Å². The molecule has 110 valence electrons. The van der Waals surface area contributed by atoms with Crippen LogP contribution in [0.3, 0.4) is 0 Å². The van der Waals surface area contributed by atoms with Gasteiger partial charge in [0, 0.05) is 17.5 Å². The number of aryl methyl sites for hydroxylation is 1. The van der Waals surface area contributed by atoms with Crippen molar-refractivity contribution in [3.05, 3.63) is 14.7 Å². The average Bonchev–Trinajstić information content (AvgIpc) is 2.56. The first-order chi connectivity index (χ1) is 8.63. The molecule has 4 nitrogen and oxygen atoms in total. The van der Waals surface area contributed by atoms with Gasteiger partial charge >= 0.3 is 0 Å². The number of likely N-dealkylation sites (N-methyl/N-ethyl adjacent to an activating group) is 1. The van der Waals surface area contributed by atoms with Gasteiger partial charge < -0.3 is 4.90 Å². The number of nitrogens with one attached hydrogen (secondary N) is 1. The molecule has 1 aromatic heterocycles. The average molecular weight is 369 g/mol. The van der Waals surface area contributed by atoms with Gasteiger partial charge in [0.15, 0.2) is 0 Å². The van der Waals surface area contributed by atoms with Crippen molar-refractivity contribution < 1.29 is 8.42 Å². The van der Waals surface area contributed by atoms with Gasteiger partial charge in [-0.1, -0.05) is 13.8 Å². The fourth-order valence-corrected chi connectivity index (χ4v) is 5.53. The standard InChI is InChI=1S/C12H21BrN2O2S2/c1-8(2)10(7-15(4)5)14-19(16,17)11-6-12(13)18-9(11)3/h6,8,10,14H,7H2,1-5H3. The number of rotatable bonds is 6. The highest BCUT2D eigenvalue weighted by atomic mass is 79.9. The summed E-state index contributed by atoms with van der Waals surface area (Å²) in [5.74, 6) is 0.236. The van der Waals surface area contributed by atoms with E-state index in [9.17, 15) is 8.42 Å². The van der Waals surface area contributed by atoms with E-state index >= 15 is 0 Å². The molecule has 1 atom stereocenters. The Morgan fingerprint density at radius 1 is 1.42 bits per heavy atom. The van der Waals surface area contributed by atoms with E-state index in [0.717, 1.165) is 8.66 Å². The van der Waals surface area contributed by atoms with Gasteiger partial charge in [-0.15, -0.1) is 11.3 Å². The maximum absolute atomic E-state index is 12.4. The molecule has 7 heteroatoms. The summed E-state index contributed by atoms with van der Waals surface area (Å²) in [5.41, 5.74) is 0. The van der Waals surface area contributed by atoms with Crippen molar-refractivity contribution in [3.63, 3.8) is 0 Å². The Labute approximate surface area is 128 Å². The van der Waals surface area contributed by atoms with Crippen molar-refractivity contribution >= 4 is 37.3 Å². The number of hydrogen-bond acceptors (Lipinski definition) is 4. The van der Waals surface area contributed by atoms with Crippen molar-refractivity contribution in [1.82, 2.24) is 9.62 Å². The van der Waals surface area contributed by atoms with Crippen LogP contribution in [-0.4, -0.2) is 40.0 Å². The molecular weight excluding hydrogens is 348 g/mol. The Morgan fingerprint density at radius 2 is 2.00 bits per heavy atom. The zero-order valence-corrected chi connectivity index (χ0v) is 15.1. The summed E-state index contributed by atoms with van der Waals surface area (Å²) in [5, 5.41) is 0. The second-order valence-electron chi connectivity index (χ2n) is 5.20. The monoisotopic (exact) mass is 368 g/mol. The van der Waals surface area contributed by atoms with Crippen LogP contribution < -0.4 is 4.72 Å². The van der Waals surface area contributed by atoms with Gasteiger partial charge in [-0.25, -0.2) is 13.1 Å². The lowest BCUT2D eigenvalue weighted by Gasteiger charge is -2.25. The van der Waals surface area contributed by atoms with Crippen LogP contribution in [0.1, 0.15) is 18.7 Å². The topological polar surface area (TPSA) is 49.4 Å². The molecule has 1 unspecified atom stereocenters. The van der Waals surface area contributed by atoms with Crippen LogP contribution in [0.25, 0.3) is 0 Å². The highest BCUT2D eigenvalue weighted by Gasteiger charge is 2.25. The molecule has 0 aliphatic heterocycles. The van der Waals surface area contributed by atoms with Crippen LogP contribution in [0.4, 0.5) is 0 Å². The maximum Gasteiger partial charge on any atom is 0.242 e. The third kappa shape index (κ3) is 4.82. The molecule has 0 bridgehead atoms. The normalized spacial score (nSPS) is 14.3. The van der Waals surface area contributed by atoms with Gasteiger partial charge in [-0.2, -0.15) is 0 Å². The lowest BCUT2D eigenvalue weighted by Crippen LogP contribution is -2.44. The summed E-state index contributed by atoms with van der Waals surface area (Å²) >= 11 is 4.76. The smallest absolute Gasteiger partial charge is 0.242 e. The summed E-state index contributed by atoms with van der Waals surface area (Å²) in [7, 11) is 0.425. The molecule has 19 heavy (non-hydrogen) atoms. The third-order valence-corrected chi connectivity index (χ3v) is 6.10. The first-order valence-electron chi connectivity index (χ1n) is 6.06. The van der Waals surface area contributed by atoms with Gasteiger partial charge in [-0.3, -0.25) is 0 Å². The molecule has 0 saturated carbocycles. The molecule has 0 aliphatic carbocycles. The Morgan fingerprint density at radius 3 is 2.37 bits per heavy atom. The lowest BCUT2D eigenvalue weighted by atomic mass is 10.1. The second kappa shape index (κ2) is 6.67. The first kappa shape index (κ1) is 17.1. The van der Waals surface area contributed by atoms with Gasteiger partial charge in [0.25, 0.3) is 0 Å². The zero-order chi connectivity index (χ0) is 14.8. The molecule has 0 fully saturated rings. The summed E-state index contributed by atoms with van der Waals surface area (Å²) in [6.45, 7) is 6.54. The predicted molar refractivity (Wildman–Crippen MR) is 84.3 cm³/mol. The van der Waals surface area contributed by atoms with Crippen LogP contribution in [0.15, 0.2) is 14.7 Å². The molecule has 1 N–H and O–H groups in total. The summed E-state index contributed by atoms with van der Waals surface area (Å²) in [6.07, 6.45) is 0. The number of sulfonamides is 1. The van der Waals surface area contributed by atoms with Crippen molar-refractivity contribution in [3.8, 4) is 0 Å². The fraction of sp³-hybridized carbons (Fsp3) is 0.667. The Bertz CT molecular complexity index is 524. The molecule has 0 saturated heterocycles. The molecular formula is C12H21BrN2O2S2. The van der Waals surface area contributed by atoms with E-state index in [-0.39, 0.29) is 12.0 Å². The van der Waals surface area contributed by atoms with Crippen LogP contribution in [-0.2, 0) is 10.0 Å². The van der Waals surface area contributed by atoms with Gasteiger partial charge in [-0.05, 0) is 48.9 Å². The SMILES string of the molecule is Cc1sc(Br)cc1S(=O)(=O)NC(CN(C)C)C(C)C. The largest absolute Gasteiger partial charge is 0.308 e. The number of nitrogens with zero attached hydrogens (tertiary/aromatic N) is 1. The summed E-state index contributed by atoms with van der Waals surface area (Å²) in [4.78, 5) is 3.16. The molecule has 0 amide bonds.